The van der Waals surface area contributed by atoms with Crippen LogP contribution in [-0.4, -0.2) is 35.4 Å². The summed E-state index contributed by atoms with van der Waals surface area (Å²) in [5.74, 6) is -0.607. The van der Waals surface area contributed by atoms with E-state index in [0.29, 0.717) is 0 Å². The highest BCUT2D eigenvalue weighted by atomic mass is 35.5. The number of carbonyl (C=O) groups excluding carboxylic acids is 1. The fraction of sp³-hybridized carbons (Fsp3) is 0.500. The van der Waals surface area contributed by atoms with E-state index in [1.165, 1.54) is 24.3 Å². The first-order chi connectivity index (χ1) is 10.2. The first kappa shape index (κ1) is 17.2. The van der Waals surface area contributed by atoms with Gasteiger partial charge in [0.15, 0.2) is 0 Å². The van der Waals surface area contributed by atoms with Gasteiger partial charge in [0.1, 0.15) is 0 Å². The normalized spacial score (nSPS) is 23.6. The molecule has 6 nitrogen and oxygen atoms in total. The molecule has 1 saturated heterocycles. The van der Waals surface area contributed by atoms with Crippen molar-refractivity contribution < 1.29 is 13.2 Å². The number of rotatable bonds is 4. The van der Waals surface area contributed by atoms with Gasteiger partial charge in [-0.2, -0.15) is 0 Å². The number of piperidine rings is 1. The molecule has 1 aliphatic heterocycles. The maximum Gasteiger partial charge on any atom is 0.270 e. The van der Waals surface area contributed by atoms with Gasteiger partial charge in [-0.3, -0.25) is 4.79 Å². The number of benzene rings is 1. The van der Waals surface area contributed by atoms with Crippen LogP contribution in [0.15, 0.2) is 29.2 Å². The average molecular weight is 346 g/mol. The molecule has 122 valence electrons. The Balaban J connectivity index is 2.30. The molecule has 1 aromatic carbocycles. The number of carbonyl (C=O) groups is 1. The fourth-order valence-corrected chi connectivity index (χ4v) is 4.48. The number of amides is 1. The average Bonchev–Trinajstić information content (AvgIpc) is 2.47. The number of hydrazine groups is 1. The van der Waals surface area contributed by atoms with E-state index in [0.717, 1.165) is 23.2 Å². The number of nitrogens with two attached hydrogens (primary N) is 1. The lowest BCUT2D eigenvalue weighted by Crippen LogP contribution is -2.52. The highest BCUT2D eigenvalue weighted by Crippen LogP contribution is 2.30. The molecule has 2 atom stereocenters. The minimum absolute atomic E-state index is 0.0254. The molecule has 2 N–H and O–H groups in total. The second kappa shape index (κ2) is 6.54. The summed E-state index contributed by atoms with van der Waals surface area (Å²) in [5, 5.41) is 1.68. The van der Waals surface area contributed by atoms with Crippen molar-refractivity contribution in [2.45, 2.75) is 50.1 Å². The largest absolute Gasteiger partial charge is 0.366 e. The third-order valence-corrected chi connectivity index (χ3v) is 6.14. The summed E-state index contributed by atoms with van der Waals surface area (Å²) in [7, 11) is -3.87. The van der Waals surface area contributed by atoms with Crippen LogP contribution >= 0.6 is 11.8 Å². The smallest absolute Gasteiger partial charge is 0.270 e. The van der Waals surface area contributed by atoms with Gasteiger partial charge in [0.25, 0.3) is 10.0 Å². The predicted octanol–water partition coefficient (Wildman–Crippen LogP) is 2.11. The number of halogens is 1. The van der Waals surface area contributed by atoms with Crippen LogP contribution in [0.25, 0.3) is 0 Å². The summed E-state index contributed by atoms with van der Waals surface area (Å²) in [5.41, 5.74) is 5.40. The summed E-state index contributed by atoms with van der Waals surface area (Å²) in [6.07, 6.45) is 2.84. The van der Waals surface area contributed by atoms with Crippen LogP contribution in [0.3, 0.4) is 0 Å². The van der Waals surface area contributed by atoms with Crippen LogP contribution in [0.4, 0.5) is 0 Å². The SMILES string of the molecule is CC1CCCC(C)N1N(Cl)S(=O)(=O)c1ccc(C(N)=O)cc1. The van der Waals surface area contributed by atoms with Gasteiger partial charge in [0, 0.05) is 29.4 Å². The highest BCUT2D eigenvalue weighted by molar-refractivity contribution is 7.90. The molecular formula is C14H20ClN3O3S. The van der Waals surface area contributed by atoms with Crippen molar-refractivity contribution in [2.24, 2.45) is 5.73 Å². The van der Waals surface area contributed by atoms with Crippen LogP contribution in [-0.2, 0) is 10.0 Å². The van der Waals surface area contributed by atoms with Crippen LogP contribution in [0, 0.1) is 0 Å². The third kappa shape index (κ3) is 3.27. The molecule has 2 unspecified atom stereocenters. The molecule has 22 heavy (non-hydrogen) atoms. The minimum Gasteiger partial charge on any atom is -0.366 e. The molecule has 0 saturated carbocycles. The molecular weight excluding hydrogens is 326 g/mol. The molecule has 0 spiro atoms. The predicted molar refractivity (Wildman–Crippen MR) is 84.5 cm³/mol. The van der Waals surface area contributed by atoms with Gasteiger partial charge in [-0.15, -0.1) is 0 Å². The van der Waals surface area contributed by atoms with Crippen LogP contribution < -0.4 is 5.73 Å². The van der Waals surface area contributed by atoms with Crippen molar-refractivity contribution >= 4 is 27.7 Å². The van der Waals surface area contributed by atoms with E-state index in [4.69, 9.17) is 17.5 Å². The van der Waals surface area contributed by atoms with E-state index >= 15 is 0 Å². The second-order valence-electron chi connectivity index (χ2n) is 5.60. The zero-order valence-electron chi connectivity index (χ0n) is 12.6. The number of primary amides is 1. The zero-order chi connectivity index (χ0) is 16.5. The standard InChI is InChI=1S/C14H20ClN3O3S/c1-10-4-3-5-11(2)17(10)18(15)22(20,21)13-8-6-12(7-9-13)14(16)19/h6-11H,3-5H2,1-2H3,(H2,16,19). The van der Waals surface area contributed by atoms with Crippen LogP contribution in [0.5, 0.6) is 0 Å². The molecule has 1 aliphatic rings. The fourth-order valence-electron chi connectivity index (χ4n) is 2.72. The molecule has 8 heteroatoms. The monoisotopic (exact) mass is 345 g/mol. The molecule has 0 aliphatic carbocycles. The van der Waals surface area contributed by atoms with E-state index in [-0.39, 0.29) is 22.5 Å². The zero-order valence-corrected chi connectivity index (χ0v) is 14.1. The van der Waals surface area contributed by atoms with Crippen molar-refractivity contribution in [1.82, 2.24) is 8.94 Å². The Labute approximate surface area is 136 Å². The molecule has 1 heterocycles. The summed E-state index contributed by atoms with van der Waals surface area (Å²) in [6, 6.07) is 5.52. The topological polar surface area (TPSA) is 83.7 Å². The number of hydrogen-bond donors (Lipinski definition) is 1. The quantitative estimate of drug-likeness (QED) is 0.847. The number of hydrogen-bond acceptors (Lipinski definition) is 4. The molecule has 1 amide bonds. The van der Waals surface area contributed by atoms with E-state index in [9.17, 15) is 13.2 Å². The van der Waals surface area contributed by atoms with Gasteiger partial charge in [0.2, 0.25) is 5.91 Å². The highest BCUT2D eigenvalue weighted by Gasteiger charge is 2.36. The summed E-state index contributed by atoms with van der Waals surface area (Å²) in [4.78, 5) is 11.1. The second-order valence-corrected chi connectivity index (χ2v) is 7.89. The maximum absolute atomic E-state index is 12.6. The molecule has 0 aromatic heterocycles. The van der Waals surface area contributed by atoms with Crippen molar-refractivity contribution in [3.8, 4) is 0 Å². The Morgan fingerprint density at radius 1 is 1.23 bits per heavy atom. The van der Waals surface area contributed by atoms with Gasteiger partial charge in [-0.05, 0) is 54.9 Å². The maximum atomic E-state index is 12.6. The van der Waals surface area contributed by atoms with E-state index in [1.54, 1.807) is 5.01 Å². The van der Waals surface area contributed by atoms with E-state index in [1.807, 2.05) is 13.8 Å². The summed E-state index contributed by atoms with van der Waals surface area (Å²) >= 11 is 6.16. The Hall–Kier alpha value is -1.15. The molecule has 1 aromatic rings. The van der Waals surface area contributed by atoms with Crippen LogP contribution in [0.1, 0.15) is 43.5 Å². The van der Waals surface area contributed by atoms with Gasteiger partial charge in [-0.1, -0.05) is 6.42 Å². The van der Waals surface area contributed by atoms with Gasteiger partial charge in [-0.25, -0.2) is 13.4 Å². The lowest BCUT2D eigenvalue weighted by molar-refractivity contribution is 0.00965. The first-order valence-electron chi connectivity index (χ1n) is 7.14. The lowest BCUT2D eigenvalue weighted by atomic mass is 10.0. The van der Waals surface area contributed by atoms with Gasteiger partial charge in [0.05, 0.1) is 4.90 Å². The Bertz CT molecular complexity index is 638. The minimum atomic E-state index is -3.87. The van der Waals surface area contributed by atoms with Crippen molar-refractivity contribution in [2.75, 3.05) is 0 Å². The molecule has 0 bridgehead atoms. The third-order valence-electron chi connectivity index (χ3n) is 3.96. The summed E-state index contributed by atoms with van der Waals surface area (Å²) in [6.45, 7) is 3.91. The Morgan fingerprint density at radius 2 is 1.73 bits per heavy atom. The lowest BCUT2D eigenvalue weighted by Gasteiger charge is -2.41. The van der Waals surface area contributed by atoms with Crippen molar-refractivity contribution in [3.63, 3.8) is 0 Å². The molecule has 1 fully saturated rings. The Kier molecular flexibility index (Phi) is 5.11. The van der Waals surface area contributed by atoms with E-state index in [2.05, 4.69) is 0 Å². The van der Waals surface area contributed by atoms with Gasteiger partial charge < -0.3 is 5.73 Å². The van der Waals surface area contributed by atoms with Crippen molar-refractivity contribution in [3.05, 3.63) is 29.8 Å². The van der Waals surface area contributed by atoms with Crippen molar-refractivity contribution in [1.29, 1.82) is 0 Å². The number of nitrogens with zero attached hydrogens (tertiary/aromatic N) is 2. The van der Waals surface area contributed by atoms with Crippen LogP contribution in [0.2, 0.25) is 0 Å². The number of sulfonamides is 1. The van der Waals surface area contributed by atoms with Gasteiger partial charge >= 0.3 is 0 Å². The molecule has 0 radical (unpaired) electrons. The Morgan fingerprint density at radius 3 is 2.18 bits per heavy atom. The summed E-state index contributed by atoms with van der Waals surface area (Å²) < 4.78 is 26.1. The molecule has 2 rings (SSSR count). The van der Waals surface area contributed by atoms with E-state index < -0.39 is 15.9 Å². The first-order valence-corrected chi connectivity index (χ1v) is 8.92.